The molecule has 6 heteroatoms. The van der Waals surface area contributed by atoms with Crippen LogP contribution in [0.15, 0.2) is 41.8 Å². The normalized spacial score (nSPS) is 16.1. The van der Waals surface area contributed by atoms with Gasteiger partial charge in [-0.1, -0.05) is 44.2 Å². The number of thiophene rings is 1. The average molecular weight is 414 g/mol. The second-order valence-corrected chi connectivity index (χ2v) is 9.12. The lowest BCUT2D eigenvalue weighted by atomic mass is 10.00. The molecule has 1 aromatic heterocycles. The Hall–Kier alpha value is -2.18. The Labute approximate surface area is 177 Å². The summed E-state index contributed by atoms with van der Waals surface area (Å²) in [5.74, 6) is 0.763. The minimum Gasteiger partial charge on any atom is -0.348 e. The molecule has 0 spiro atoms. The summed E-state index contributed by atoms with van der Waals surface area (Å²) in [6.07, 6.45) is 1.07. The lowest BCUT2D eigenvalue weighted by molar-refractivity contribution is -0.123. The first-order valence-corrected chi connectivity index (χ1v) is 11.2. The number of hydrogen-bond acceptors (Lipinski definition) is 4. The Morgan fingerprint density at radius 3 is 2.31 bits per heavy atom. The Balaban J connectivity index is 1.43. The van der Waals surface area contributed by atoms with Crippen LogP contribution in [0.5, 0.6) is 0 Å². The van der Waals surface area contributed by atoms with Gasteiger partial charge in [-0.2, -0.15) is 0 Å². The molecule has 5 nitrogen and oxygen atoms in total. The van der Waals surface area contributed by atoms with Gasteiger partial charge in [-0.3, -0.25) is 14.5 Å². The van der Waals surface area contributed by atoms with Gasteiger partial charge in [0.25, 0.3) is 5.91 Å². The second-order valence-electron chi connectivity index (χ2n) is 8.17. The van der Waals surface area contributed by atoms with Crippen molar-refractivity contribution >= 4 is 23.2 Å². The van der Waals surface area contributed by atoms with Crippen LogP contribution in [0.1, 0.15) is 47.6 Å². The fraction of sp³-hybridized carbons (Fsp3) is 0.478. The number of carbonyl (C=O) groups is 2. The largest absolute Gasteiger partial charge is 0.348 e. The quantitative estimate of drug-likeness (QED) is 0.755. The first-order valence-electron chi connectivity index (χ1n) is 10.4. The molecule has 156 valence electrons. The van der Waals surface area contributed by atoms with Crippen LogP contribution in [-0.4, -0.2) is 54.3 Å². The fourth-order valence-electron chi connectivity index (χ4n) is 3.65. The summed E-state index contributed by atoms with van der Waals surface area (Å²) in [6, 6.07) is 12.3. The van der Waals surface area contributed by atoms with E-state index in [1.54, 1.807) is 0 Å². The van der Waals surface area contributed by atoms with E-state index in [-0.39, 0.29) is 17.9 Å². The molecule has 1 unspecified atom stereocenters. The fourth-order valence-corrected chi connectivity index (χ4v) is 4.34. The molecule has 1 aromatic carbocycles. The molecule has 0 saturated carbocycles. The highest BCUT2D eigenvalue weighted by molar-refractivity contribution is 7.12. The number of carbonyl (C=O) groups excluding carboxylic acids is 2. The van der Waals surface area contributed by atoms with E-state index in [4.69, 9.17) is 0 Å². The van der Waals surface area contributed by atoms with Crippen molar-refractivity contribution in [2.24, 2.45) is 5.92 Å². The number of benzene rings is 1. The summed E-state index contributed by atoms with van der Waals surface area (Å²) in [7, 11) is 0. The predicted molar refractivity (Wildman–Crippen MR) is 118 cm³/mol. The molecule has 0 bridgehead atoms. The zero-order valence-corrected chi connectivity index (χ0v) is 18.4. The topological polar surface area (TPSA) is 52.7 Å². The van der Waals surface area contributed by atoms with Crippen molar-refractivity contribution in [1.29, 1.82) is 0 Å². The third-order valence-electron chi connectivity index (χ3n) is 5.26. The third kappa shape index (κ3) is 6.15. The van der Waals surface area contributed by atoms with Crippen LogP contribution < -0.4 is 5.32 Å². The van der Waals surface area contributed by atoms with Gasteiger partial charge < -0.3 is 10.2 Å². The number of hydrogen-bond donors (Lipinski definition) is 1. The third-order valence-corrected chi connectivity index (χ3v) is 6.12. The van der Waals surface area contributed by atoms with E-state index in [0.29, 0.717) is 25.6 Å². The Morgan fingerprint density at radius 2 is 1.72 bits per heavy atom. The lowest BCUT2D eigenvalue weighted by Crippen LogP contribution is -2.51. The van der Waals surface area contributed by atoms with Gasteiger partial charge in [0.1, 0.15) is 0 Å². The highest BCUT2D eigenvalue weighted by Gasteiger charge is 2.24. The monoisotopic (exact) mass is 413 g/mol. The van der Waals surface area contributed by atoms with Gasteiger partial charge >= 0.3 is 0 Å². The van der Waals surface area contributed by atoms with E-state index in [1.165, 1.54) is 16.9 Å². The molecule has 1 aliphatic rings. The van der Waals surface area contributed by atoms with Crippen LogP contribution in [0, 0.1) is 5.92 Å². The highest BCUT2D eigenvalue weighted by Crippen LogP contribution is 2.16. The first kappa shape index (κ1) is 21.5. The van der Waals surface area contributed by atoms with Crippen LogP contribution in [0.3, 0.4) is 0 Å². The van der Waals surface area contributed by atoms with Crippen LogP contribution in [0.4, 0.5) is 0 Å². The van der Waals surface area contributed by atoms with Crippen molar-refractivity contribution in [3.8, 4) is 0 Å². The summed E-state index contributed by atoms with van der Waals surface area (Å²) < 4.78 is 0. The zero-order valence-electron chi connectivity index (χ0n) is 17.6. The van der Waals surface area contributed by atoms with Crippen LogP contribution in [-0.2, 0) is 11.2 Å². The molecule has 0 aliphatic carbocycles. The van der Waals surface area contributed by atoms with Crippen molar-refractivity contribution in [3.05, 3.63) is 57.8 Å². The van der Waals surface area contributed by atoms with E-state index in [2.05, 4.69) is 48.3 Å². The van der Waals surface area contributed by atoms with Gasteiger partial charge in [0, 0.05) is 26.2 Å². The van der Waals surface area contributed by atoms with Crippen molar-refractivity contribution < 1.29 is 9.59 Å². The average Bonchev–Trinajstić information content (AvgIpc) is 3.23. The summed E-state index contributed by atoms with van der Waals surface area (Å²) in [4.78, 5) is 29.7. The molecule has 1 atom stereocenters. The summed E-state index contributed by atoms with van der Waals surface area (Å²) in [5.41, 5.74) is 2.45. The van der Waals surface area contributed by atoms with E-state index < -0.39 is 0 Å². The Morgan fingerprint density at radius 1 is 1.03 bits per heavy atom. The minimum atomic E-state index is -0.0164. The van der Waals surface area contributed by atoms with Crippen molar-refractivity contribution in [2.75, 3.05) is 32.7 Å². The number of nitrogens with zero attached hydrogens (tertiary/aromatic N) is 2. The molecule has 1 aliphatic heterocycles. The van der Waals surface area contributed by atoms with E-state index in [1.807, 2.05) is 29.3 Å². The van der Waals surface area contributed by atoms with Crippen LogP contribution in [0.2, 0.25) is 0 Å². The number of rotatable bonds is 7. The second kappa shape index (κ2) is 10.0. The Kier molecular flexibility index (Phi) is 7.45. The predicted octanol–water partition coefficient (Wildman–Crippen LogP) is 3.58. The number of piperazine rings is 1. The standard InChI is InChI=1S/C23H31N3O2S/c1-17(2)15-19-6-8-20(9-7-19)18(3)24-22(27)16-25-10-12-26(13-11-25)23(28)21-5-4-14-29-21/h4-9,14,17-18H,10-13,15-16H2,1-3H3,(H,24,27). The van der Waals surface area contributed by atoms with Gasteiger partial charge in [0.15, 0.2) is 0 Å². The number of amides is 2. The maximum atomic E-state index is 12.5. The molecular weight excluding hydrogens is 382 g/mol. The maximum absolute atomic E-state index is 12.5. The van der Waals surface area contributed by atoms with Crippen molar-refractivity contribution in [1.82, 2.24) is 15.1 Å². The molecule has 2 amide bonds. The molecule has 1 N–H and O–H groups in total. The Bertz CT molecular complexity index is 794. The molecule has 2 heterocycles. The van der Waals surface area contributed by atoms with Crippen LogP contribution >= 0.6 is 11.3 Å². The van der Waals surface area contributed by atoms with Gasteiger partial charge in [0.05, 0.1) is 17.5 Å². The van der Waals surface area contributed by atoms with Gasteiger partial charge in [-0.25, -0.2) is 0 Å². The van der Waals surface area contributed by atoms with E-state index in [9.17, 15) is 9.59 Å². The molecule has 29 heavy (non-hydrogen) atoms. The summed E-state index contributed by atoms with van der Waals surface area (Å²) >= 11 is 1.48. The SMILES string of the molecule is CC(C)Cc1ccc(C(C)NC(=O)CN2CCN(C(=O)c3cccs3)CC2)cc1. The zero-order chi connectivity index (χ0) is 20.8. The van der Waals surface area contributed by atoms with E-state index in [0.717, 1.165) is 30.0 Å². The van der Waals surface area contributed by atoms with E-state index >= 15 is 0 Å². The summed E-state index contributed by atoms with van der Waals surface area (Å²) in [6.45, 7) is 9.60. The van der Waals surface area contributed by atoms with Gasteiger partial charge in [0.2, 0.25) is 5.91 Å². The molecule has 0 radical (unpaired) electrons. The lowest BCUT2D eigenvalue weighted by Gasteiger charge is -2.34. The molecule has 1 fully saturated rings. The molecular formula is C23H31N3O2S. The highest BCUT2D eigenvalue weighted by atomic mass is 32.1. The van der Waals surface area contributed by atoms with Gasteiger partial charge in [-0.05, 0) is 41.8 Å². The maximum Gasteiger partial charge on any atom is 0.264 e. The number of nitrogens with one attached hydrogen (secondary N) is 1. The van der Waals surface area contributed by atoms with Crippen LogP contribution in [0.25, 0.3) is 0 Å². The smallest absolute Gasteiger partial charge is 0.264 e. The first-order chi connectivity index (χ1) is 13.9. The van der Waals surface area contributed by atoms with Gasteiger partial charge in [-0.15, -0.1) is 11.3 Å². The molecule has 1 saturated heterocycles. The van der Waals surface area contributed by atoms with Crippen molar-refractivity contribution in [2.45, 2.75) is 33.2 Å². The minimum absolute atomic E-state index is 0.0164. The molecule has 2 aromatic rings. The summed E-state index contributed by atoms with van der Waals surface area (Å²) in [5, 5.41) is 5.02. The van der Waals surface area contributed by atoms with Crippen molar-refractivity contribution in [3.63, 3.8) is 0 Å². The molecule has 3 rings (SSSR count).